The van der Waals surface area contributed by atoms with Gasteiger partial charge >= 0.3 is 0 Å². The smallest absolute Gasteiger partial charge is 0.267 e. The van der Waals surface area contributed by atoms with Crippen LogP contribution in [-0.4, -0.2) is 36.3 Å². The molecule has 11 heteroatoms. The van der Waals surface area contributed by atoms with Crippen LogP contribution in [0, 0.1) is 17.0 Å². The number of carbonyl (C=O) groups excluding carboxylic acids is 1. The molecule has 0 aliphatic carbocycles. The molecule has 1 N–H and O–H groups in total. The number of nitro benzene ring substituents is 1. The molecule has 3 heterocycles. The van der Waals surface area contributed by atoms with Crippen LogP contribution in [0.4, 0.5) is 5.69 Å². The number of aryl methyl sites for hydroxylation is 1. The standard InChI is InChI=1S/C34H25N7O3S/c1-23-32(29(37-38-33(42)27-18-20-35-21-19-27)17-14-24-12-15-28(16-13-24)41(43)44)45-34(36-23)40-31(26-10-6-3-7-11-26)22-30(39-40)25-8-4-2-5-9-25/h2-22H,1H3,(H,38,42)/b17-14-,37-29+. The first-order valence-electron chi connectivity index (χ1n) is 13.9. The molecule has 0 aliphatic rings. The first-order valence-corrected chi connectivity index (χ1v) is 14.7. The van der Waals surface area contributed by atoms with E-state index < -0.39 is 10.8 Å². The Morgan fingerprint density at radius 3 is 2.27 bits per heavy atom. The van der Waals surface area contributed by atoms with Crippen LogP contribution in [0.25, 0.3) is 33.7 Å². The molecule has 0 fully saturated rings. The third-order valence-corrected chi connectivity index (χ3v) is 7.96. The number of nitro groups is 1. The van der Waals surface area contributed by atoms with Crippen molar-refractivity contribution in [2.75, 3.05) is 0 Å². The van der Waals surface area contributed by atoms with Gasteiger partial charge in [0, 0.05) is 41.2 Å². The van der Waals surface area contributed by atoms with Gasteiger partial charge in [-0.25, -0.2) is 15.1 Å². The second kappa shape index (κ2) is 13.1. The van der Waals surface area contributed by atoms with Gasteiger partial charge in [-0.15, -0.1) is 0 Å². The van der Waals surface area contributed by atoms with Crippen LogP contribution < -0.4 is 5.43 Å². The van der Waals surface area contributed by atoms with Gasteiger partial charge < -0.3 is 0 Å². The molecule has 6 aromatic rings. The third-order valence-electron chi connectivity index (χ3n) is 6.81. The Kier molecular flexibility index (Phi) is 8.42. The zero-order valence-corrected chi connectivity index (χ0v) is 24.8. The summed E-state index contributed by atoms with van der Waals surface area (Å²) >= 11 is 1.38. The van der Waals surface area contributed by atoms with E-state index in [0.29, 0.717) is 27.0 Å². The second-order valence-electron chi connectivity index (χ2n) is 9.83. The molecule has 0 atom stereocenters. The van der Waals surface area contributed by atoms with Crippen molar-refractivity contribution in [3.8, 4) is 27.6 Å². The molecule has 0 aliphatic heterocycles. The van der Waals surface area contributed by atoms with Crippen LogP contribution >= 0.6 is 11.3 Å². The number of amides is 1. The molecular formula is C34H25N7O3S. The first kappa shape index (κ1) is 29.0. The van der Waals surface area contributed by atoms with Crippen molar-refractivity contribution in [3.63, 3.8) is 0 Å². The number of hydrogen-bond donors (Lipinski definition) is 1. The van der Waals surface area contributed by atoms with Gasteiger partial charge in [0.05, 0.1) is 26.9 Å². The number of hydrazone groups is 1. The summed E-state index contributed by atoms with van der Waals surface area (Å²) in [7, 11) is 0. The quantitative estimate of drug-likeness (QED) is 0.105. The molecule has 3 aromatic heterocycles. The Hall–Kier alpha value is -6.07. The summed E-state index contributed by atoms with van der Waals surface area (Å²) in [6.45, 7) is 1.87. The monoisotopic (exact) mass is 611 g/mol. The molecule has 0 saturated heterocycles. The Bertz CT molecular complexity index is 2020. The first-order chi connectivity index (χ1) is 22.0. The molecule has 45 heavy (non-hydrogen) atoms. The van der Waals surface area contributed by atoms with Crippen molar-refractivity contribution in [2.24, 2.45) is 5.10 Å². The summed E-state index contributed by atoms with van der Waals surface area (Å²) in [5, 5.41) is 21.1. The maximum absolute atomic E-state index is 12.8. The van der Waals surface area contributed by atoms with Crippen LogP contribution in [-0.2, 0) is 0 Å². The molecule has 1 amide bonds. The van der Waals surface area contributed by atoms with Crippen molar-refractivity contribution in [3.05, 3.63) is 153 Å². The molecule has 0 radical (unpaired) electrons. The molecule has 220 valence electrons. The van der Waals surface area contributed by atoms with Gasteiger partial charge in [0.15, 0.2) is 0 Å². The topological polar surface area (TPSA) is 128 Å². The molecule has 0 bridgehead atoms. The summed E-state index contributed by atoms with van der Waals surface area (Å²) in [5.74, 6) is -0.396. The van der Waals surface area contributed by atoms with E-state index in [0.717, 1.165) is 28.1 Å². The number of thiazole rings is 1. The molecular weight excluding hydrogens is 586 g/mol. The summed E-state index contributed by atoms with van der Waals surface area (Å²) in [5.41, 5.74) is 8.55. The van der Waals surface area contributed by atoms with Gasteiger partial charge in [0.2, 0.25) is 5.13 Å². The number of nitrogens with zero attached hydrogens (tertiary/aromatic N) is 6. The minimum atomic E-state index is -0.445. The van der Waals surface area contributed by atoms with Crippen molar-refractivity contribution < 1.29 is 9.72 Å². The Morgan fingerprint density at radius 1 is 0.933 bits per heavy atom. The zero-order valence-electron chi connectivity index (χ0n) is 23.9. The van der Waals surface area contributed by atoms with Gasteiger partial charge in [-0.2, -0.15) is 10.2 Å². The molecule has 0 unspecified atom stereocenters. The highest BCUT2D eigenvalue weighted by molar-refractivity contribution is 7.16. The summed E-state index contributed by atoms with van der Waals surface area (Å²) in [6.07, 6.45) is 6.59. The van der Waals surface area contributed by atoms with Gasteiger partial charge in [-0.1, -0.05) is 78.1 Å². The Morgan fingerprint density at radius 2 is 1.60 bits per heavy atom. The maximum Gasteiger partial charge on any atom is 0.271 e. The second-order valence-corrected chi connectivity index (χ2v) is 10.8. The van der Waals surface area contributed by atoms with E-state index in [2.05, 4.69) is 15.5 Å². The van der Waals surface area contributed by atoms with Crippen molar-refractivity contribution in [2.45, 2.75) is 6.92 Å². The maximum atomic E-state index is 12.8. The van der Waals surface area contributed by atoms with Crippen LogP contribution in [0.15, 0.2) is 127 Å². The highest BCUT2D eigenvalue weighted by Crippen LogP contribution is 2.31. The number of allylic oxidation sites excluding steroid dienone is 1. The molecule has 3 aromatic carbocycles. The van der Waals surface area contributed by atoms with E-state index in [9.17, 15) is 14.9 Å². The van der Waals surface area contributed by atoms with Crippen LogP contribution in [0.1, 0.15) is 26.5 Å². The lowest BCUT2D eigenvalue weighted by Gasteiger charge is -2.04. The lowest BCUT2D eigenvalue weighted by molar-refractivity contribution is -0.384. The van der Waals surface area contributed by atoms with E-state index in [4.69, 9.17) is 10.1 Å². The van der Waals surface area contributed by atoms with Crippen LogP contribution in [0.2, 0.25) is 0 Å². The number of aromatic nitrogens is 4. The Balaban J connectivity index is 1.41. The van der Waals surface area contributed by atoms with Gasteiger partial charge in [0.25, 0.3) is 11.6 Å². The van der Waals surface area contributed by atoms with Crippen molar-refractivity contribution in [1.29, 1.82) is 0 Å². The number of hydrogen-bond acceptors (Lipinski definition) is 8. The summed E-state index contributed by atoms with van der Waals surface area (Å²) < 4.78 is 1.83. The summed E-state index contributed by atoms with van der Waals surface area (Å²) in [6, 6.07) is 31.3. The van der Waals surface area contributed by atoms with E-state index in [1.165, 1.54) is 35.9 Å². The van der Waals surface area contributed by atoms with Crippen molar-refractivity contribution >= 4 is 34.7 Å². The number of benzene rings is 3. The Labute approximate surface area is 262 Å². The van der Waals surface area contributed by atoms with E-state index >= 15 is 0 Å². The fourth-order valence-electron chi connectivity index (χ4n) is 4.53. The molecule has 0 saturated carbocycles. The minimum Gasteiger partial charge on any atom is -0.267 e. The predicted molar refractivity (Wildman–Crippen MR) is 175 cm³/mol. The number of carbonyl (C=O) groups is 1. The lowest BCUT2D eigenvalue weighted by atomic mass is 10.1. The number of rotatable bonds is 9. The number of pyridine rings is 1. The normalized spacial score (nSPS) is 11.5. The van der Waals surface area contributed by atoms with E-state index in [1.54, 1.807) is 36.4 Å². The number of nitrogens with one attached hydrogen (secondary N) is 1. The SMILES string of the molecule is Cc1nc(-n2nc(-c3ccccc3)cc2-c2ccccc2)sc1C(/C=C\c1ccc([N+](=O)[O-])cc1)=N/NC(=O)c1ccncc1. The average Bonchev–Trinajstić information content (AvgIpc) is 3.70. The van der Waals surface area contributed by atoms with Crippen LogP contribution in [0.5, 0.6) is 0 Å². The lowest BCUT2D eigenvalue weighted by Crippen LogP contribution is -2.19. The van der Waals surface area contributed by atoms with E-state index in [1.807, 2.05) is 78.3 Å². The third kappa shape index (κ3) is 6.63. The molecule has 10 nitrogen and oxygen atoms in total. The zero-order chi connectivity index (χ0) is 31.2. The van der Waals surface area contributed by atoms with Gasteiger partial charge in [0.1, 0.15) is 5.71 Å². The molecule has 0 spiro atoms. The number of non-ortho nitro benzene ring substituents is 1. The van der Waals surface area contributed by atoms with Gasteiger partial charge in [-0.05, 0) is 48.9 Å². The fraction of sp³-hybridized carbons (Fsp3) is 0.0294. The van der Waals surface area contributed by atoms with Gasteiger partial charge in [-0.3, -0.25) is 19.9 Å². The highest BCUT2D eigenvalue weighted by Gasteiger charge is 2.19. The molecule has 6 rings (SSSR count). The van der Waals surface area contributed by atoms with Crippen molar-refractivity contribution in [1.82, 2.24) is 25.2 Å². The summed E-state index contributed by atoms with van der Waals surface area (Å²) in [4.78, 5) is 33.0. The average molecular weight is 612 g/mol. The largest absolute Gasteiger partial charge is 0.271 e. The highest BCUT2D eigenvalue weighted by atomic mass is 32.1. The predicted octanol–water partition coefficient (Wildman–Crippen LogP) is 7.12. The van der Waals surface area contributed by atoms with Crippen LogP contribution in [0.3, 0.4) is 0 Å². The fourth-order valence-corrected chi connectivity index (χ4v) is 5.53. The minimum absolute atomic E-state index is 0.00286. The van der Waals surface area contributed by atoms with E-state index in [-0.39, 0.29) is 5.69 Å².